The van der Waals surface area contributed by atoms with Gasteiger partial charge in [-0.3, -0.25) is 4.79 Å². The zero-order valence-corrected chi connectivity index (χ0v) is 17.1. The number of ether oxygens (including phenoxy) is 5. The summed E-state index contributed by atoms with van der Waals surface area (Å²) in [6.07, 6.45) is 0.838. The van der Waals surface area contributed by atoms with Crippen molar-refractivity contribution in [2.75, 3.05) is 20.8 Å². The molecule has 2 atom stereocenters. The van der Waals surface area contributed by atoms with Gasteiger partial charge in [0, 0.05) is 11.6 Å². The van der Waals surface area contributed by atoms with E-state index in [2.05, 4.69) is 0 Å². The third kappa shape index (κ3) is 2.57. The van der Waals surface area contributed by atoms with Crippen LogP contribution in [0.1, 0.15) is 41.3 Å². The zero-order chi connectivity index (χ0) is 21.2. The SMILES string of the molecule is COc1cc2c(cc1OC)[C@@H]1C(=O)c3ccc4c(c3OC1CO2)C=C(F)C(C)(C)O4. The lowest BCUT2D eigenvalue weighted by Crippen LogP contribution is -2.43. The van der Waals surface area contributed by atoms with Gasteiger partial charge in [0.25, 0.3) is 0 Å². The number of halogens is 1. The standard InChI is InChI=1S/C23H21FO6/c1-23(2)19(24)8-13-14(30-23)6-5-11-21(25)20-12-7-16(26-3)17(27-4)9-15(12)28-10-18(20)29-22(11)13/h5-9,18,20H,10H2,1-4H3/t18?,20-/m0/s1. The summed E-state index contributed by atoms with van der Waals surface area (Å²) in [7, 11) is 3.08. The van der Waals surface area contributed by atoms with Crippen molar-refractivity contribution in [3.05, 3.63) is 46.8 Å². The number of carbonyl (C=O) groups is 1. The number of benzene rings is 2. The summed E-state index contributed by atoms with van der Waals surface area (Å²) >= 11 is 0. The number of rotatable bonds is 2. The maximum atomic E-state index is 14.5. The molecule has 0 N–H and O–H groups in total. The highest BCUT2D eigenvalue weighted by molar-refractivity contribution is 6.06. The lowest BCUT2D eigenvalue weighted by atomic mass is 9.81. The molecule has 0 radical (unpaired) electrons. The summed E-state index contributed by atoms with van der Waals surface area (Å²) in [6, 6.07) is 6.83. The lowest BCUT2D eigenvalue weighted by molar-refractivity contribution is 0.0549. The Kier molecular flexibility index (Phi) is 4.00. The molecule has 2 aromatic rings. The highest BCUT2D eigenvalue weighted by Gasteiger charge is 2.45. The van der Waals surface area contributed by atoms with E-state index in [-0.39, 0.29) is 12.4 Å². The summed E-state index contributed by atoms with van der Waals surface area (Å²) in [5.41, 5.74) is 0.445. The fourth-order valence-corrected chi connectivity index (χ4v) is 4.20. The van der Waals surface area contributed by atoms with Gasteiger partial charge in [-0.15, -0.1) is 0 Å². The Labute approximate surface area is 173 Å². The van der Waals surface area contributed by atoms with Crippen LogP contribution in [0.15, 0.2) is 30.1 Å². The van der Waals surface area contributed by atoms with Gasteiger partial charge in [-0.25, -0.2) is 4.39 Å². The van der Waals surface area contributed by atoms with E-state index < -0.39 is 23.4 Å². The molecule has 2 aromatic carbocycles. The number of Topliss-reactive ketones (excluding diaryl/α,β-unsaturated/α-hetero) is 1. The quantitative estimate of drug-likeness (QED) is 0.733. The number of ketones is 1. The molecule has 5 rings (SSSR count). The van der Waals surface area contributed by atoms with E-state index in [1.807, 2.05) is 0 Å². The Morgan fingerprint density at radius 2 is 1.83 bits per heavy atom. The summed E-state index contributed by atoms with van der Waals surface area (Å²) in [5, 5.41) is 0. The minimum absolute atomic E-state index is 0.112. The topological polar surface area (TPSA) is 63.2 Å². The van der Waals surface area contributed by atoms with Crippen molar-refractivity contribution in [2.24, 2.45) is 0 Å². The van der Waals surface area contributed by atoms with E-state index in [9.17, 15) is 9.18 Å². The van der Waals surface area contributed by atoms with Gasteiger partial charge in [0.05, 0.1) is 31.3 Å². The first-order chi connectivity index (χ1) is 14.3. The number of carbonyl (C=O) groups excluding carboxylic acids is 1. The van der Waals surface area contributed by atoms with Crippen LogP contribution in [0.25, 0.3) is 6.08 Å². The third-order valence-electron chi connectivity index (χ3n) is 5.81. The summed E-state index contributed by atoms with van der Waals surface area (Å²) in [4.78, 5) is 13.5. The summed E-state index contributed by atoms with van der Waals surface area (Å²) < 4.78 is 43.1. The molecule has 3 aliphatic rings. The molecule has 0 aliphatic carbocycles. The third-order valence-corrected chi connectivity index (χ3v) is 5.81. The molecular weight excluding hydrogens is 391 g/mol. The Bertz CT molecular complexity index is 1100. The molecule has 7 heteroatoms. The summed E-state index contributed by atoms with van der Waals surface area (Å²) in [5.74, 6) is 1.30. The minimum Gasteiger partial charge on any atom is -0.493 e. The molecule has 0 amide bonds. The van der Waals surface area contributed by atoms with Gasteiger partial charge in [-0.05, 0) is 38.1 Å². The molecule has 0 spiro atoms. The van der Waals surface area contributed by atoms with E-state index in [1.54, 1.807) is 45.2 Å². The lowest BCUT2D eigenvalue weighted by Gasteiger charge is -2.39. The molecule has 0 fully saturated rings. The molecule has 3 heterocycles. The monoisotopic (exact) mass is 412 g/mol. The molecule has 0 aromatic heterocycles. The van der Waals surface area contributed by atoms with Gasteiger partial charge in [-0.1, -0.05) is 0 Å². The van der Waals surface area contributed by atoms with E-state index in [0.717, 1.165) is 0 Å². The Balaban J connectivity index is 1.62. The van der Waals surface area contributed by atoms with E-state index in [1.165, 1.54) is 13.2 Å². The number of hydrogen-bond donors (Lipinski definition) is 0. The molecule has 0 saturated carbocycles. The van der Waals surface area contributed by atoms with Crippen LogP contribution in [0.2, 0.25) is 0 Å². The predicted octanol–water partition coefficient (Wildman–Crippen LogP) is 4.31. The second kappa shape index (κ2) is 6.39. The maximum Gasteiger partial charge on any atom is 0.178 e. The molecule has 3 aliphatic heterocycles. The van der Waals surface area contributed by atoms with Crippen molar-refractivity contribution in [1.29, 1.82) is 0 Å². The normalized spacial score (nSPS) is 22.7. The van der Waals surface area contributed by atoms with Crippen molar-refractivity contribution in [2.45, 2.75) is 31.5 Å². The van der Waals surface area contributed by atoms with Crippen LogP contribution in [0.5, 0.6) is 28.7 Å². The second-order valence-electron chi connectivity index (χ2n) is 8.01. The van der Waals surface area contributed by atoms with Crippen molar-refractivity contribution in [1.82, 2.24) is 0 Å². The van der Waals surface area contributed by atoms with E-state index >= 15 is 0 Å². The van der Waals surface area contributed by atoms with Crippen LogP contribution < -0.4 is 23.7 Å². The van der Waals surface area contributed by atoms with Crippen molar-refractivity contribution < 1.29 is 32.9 Å². The van der Waals surface area contributed by atoms with Crippen LogP contribution in [-0.4, -0.2) is 38.3 Å². The van der Waals surface area contributed by atoms with Gasteiger partial charge in [0.2, 0.25) is 0 Å². The minimum atomic E-state index is -1.06. The smallest absolute Gasteiger partial charge is 0.178 e. The van der Waals surface area contributed by atoms with Gasteiger partial charge in [0.15, 0.2) is 22.9 Å². The molecule has 30 heavy (non-hydrogen) atoms. The molecule has 1 unspecified atom stereocenters. The molecule has 6 nitrogen and oxygen atoms in total. The second-order valence-corrected chi connectivity index (χ2v) is 8.01. The van der Waals surface area contributed by atoms with Gasteiger partial charge < -0.3 is 23.7 Å². The Hall–Kier alpha value is -3.22. The average molecular weight is 412 g/mol. The van der Waals surface area contributed by atoms with E-state index in [0.29, 0.717) is 45.4 Å². The Morgan fingerprint density at radius 1 is 1.10 bits per heavy atom. The largest absolute Gasteiger partial charge is 0.493 e. The first-order valence-electron chi connectivity index (χ1n) is 9.67. The molecule has 0 bridgehead atoms. The predicted molar refractivity (Wildman–Crippen MR) is 107 cm³/mol. The zero-order valence-electron chi connectivity index (χ0n) is 17.1. The first-order valence-corrected chi connectivity index (χ1v) is 9.67. The van der Waals surface area contributed by atoms with Crippen molar-refractivity contribution >= 4 is 11.9 Å². The molecule has 156 valence electrons. The maximum absolute atomic E-state index is 14.5. The van der Waals surface area contributed by atoms with Gasteiger partial charge >= 0.3 is 0 Å². The van der Waals surface area contributed by atoms with Crippen molar-refractivity contribution in [3.63, 3.8) is 0 Å². The van der Waals surface area contributed by atoms with Crippen LogP contribution in [0, 0.1) is 0 Å². The fourth-order valence-electron chi connectivity index (χ4n) is 4.20. The van der Waals surface area contributed by atoms with Crippen molar-refractivity contribution in [3.8, 4) is 28.7 Å². The highest BCUT2D eigenvalue weighted by atomic mass is 19.1. The fraction of sp³-hybridized carbons (Fsp3) is 0.348. The van der Waals surface area contributed by atoms with Crippen LogP contribution in [-0.2, 0) is 0 Å². The average Bonchev–Trinajstić information content (AvgIpc) is 2.73. The van der Waals surface area contributed by atoms with Gasteiger partial charge in [-0.2, -0.15) is 0 Å². The van der Waals surface area contributed by atoms with Gasteiger partial charge in [0.1, 0.15) is 35.8 Å². The first kappa shape index (κ1) is 18.8. The van der Waals surface area contributed by atoms with E-state index in [4.69, 9.17) is 23.7 Å². The number of hydrogen-bond acceptors (Lipinski definition) is 6. The highest BCUT2D eigenvalue weighted by Crippen LogP contribution is 2.50. The molecular formula is C23H21FO6. The molecule has 0 saturated heterocycles. The number of methoxy groups -OCH3 is 2. The van der Waals surface area contributed by atoms with Crippen LogP contribution in [0.4, 0.5) is 4.39 Å². The van der Waals surface area contributed by atoms with Crippen LogP contribution >= 0.6 is 0 Å². The Morgan fingerprint density at radius 3 is 2.57 bits per heavy atom. The summed E-state index contributed by atoms with van der Waals surface area (Å²) in [6.45, 7) is 3.48. The van der Waals surface area contributed by atoms with Crippen LogP contribution in [0.3, 0.4) is 0 Å². The number of fused-ring (bicyclic) bond motifs is 6.